The quantitative estimate of drug-likeness (QED) is 0.312. The molecule has 0 radical (unpaired) electrons. The summed E-state index contributed by atoms with van der Waals surface area (Å²) in [5.41, 5.74) is 16.0. The Morgan fingerprint density at radius 2 is 1.95 bits per heavy atom. The van der Waals surface area contributed by atoms with Gasteiger partial charge in [-0.3, -0.25) is 10.6 Å². The van der Waals surface area contributed by atoms with Crippen molar-refractivity contribution in [2.24, 2.45) is 21.7 Å². The van der Waals surface area contributed by atoms with Gasteiger partial charge in [-0.15, -0.1) is 29.9 Å². The van der Waals surface area contributed by atoms with Crippen molar-refractivity contribution in [1.82, 2.24) is 5.48 Å². The summed E-state index contributed by atoms with van der Waals surface area (Å²) in [6, 6.07) is 5.55. The Labute approximate surface area is 128 Å². The second-order valence-electron chi connectivity index (χ2n) is 3.89. The minimum atomic E-state index is -0.168. The van der Waals surface area contributed by atoms with E-state index in [0.717, 1.165) is 28.8 Å². The first-order chi connectivity index (χ1) is 8.63. The van der Waals surface area contributed by atoms with Crippen molar-refractivity contribution in [2.45, 2.75) is 12.8 Å². The summed E-state index contributed by atoms with van der Waals surface area (Å²) in [6.07, 6.45) is 1.48. The van der Waals surface area contributed by atoms with Gasteiger partial charge in [0.1, 0.15) is 5.84 Å². The molecular formula is C11H16Cl2N6O. The van der Waals surface area contributed by atoms with E-state index in [2.05, 4.69) is 10.2 Å². The maximum Gasteiger partial charge on any atom is 0.237 e. The van der Waals surface area contributed by atoms with E-state index in [0.29, 0.717) is 6.42 Å². The maximum atomic E-state index is 8.50. The number of rotatable bonds is 2. The van der Waals surface area contributed by atoms with Crippen molar-refractivity contribution in [2.75, 3.05) is 0 Å². The molecule has 1 aliphatic carbocycles. The molecule has 0 fully saturated rings. The van der Waals surface area contributed by atoms with E-state index in [1.165, 1.54) is 0 Å². The van der Waals surface area contributed by atoms with Crippen molar-refractivity contribution >= 4 is 42.3 Å². The number of nitrogens with one attached hydrogen (secondary N) is 2. The molecule has 0 bridgehead atoms. The molecule has 0 saturated heterocycles. The predicted octanol–water partition coefficient (Wildman–Crippen LogP) is 0.758. The molecule has 7 nitrogen and oxygen atoms in total. The number of guanidine groups is 1. The number of benzene rings is 1. The molecule has 0 aliphatic heterocycles. The standard InChI is InChI=1S/C11H14N6O.2ClH/c12-10(13)8-3-1-2-7-6(8)4-5-9(7)15-16-11(14)17-18;;/h1-3,18H,4-5H2,(H3,12,13)(H3,14,16,17);2*1H. The Morgan fingerprint density at radius 3 is 2.55 bits per heavy atom. The van der Waals surface area contributed by atoms with Gasteiger partial charge in [-0.1, -0.05) is 18.2 Å². The average molecular weight is 319 g/mol. The van der Waals surface area contributed by atoms with Crippen LogP contribution in [0.25, 0.3) is 0 Å². The van der Waals surface area contributed by atoms with Gasteiger partial charge in [0.25, 0.3) is 0 Å². The van der Waals surface area contributed by atoms with Crippen LogP contribution in [0.15, 0.2) is 28.4 Å². The third-order valence-electron chi connectivity index (χ3n) is 2.78. The van der Waals surface area contributed by atoms with Crippen LogP contribution in [-0.2, 0) is 6.42 Å². The molecule has 20 heavy (non-hydrogen) atoms. The molecule has 7 N–H and O–H groups in total. The van der Waals surface area contributed by atoms with Gasteiger partial charge in [-0.05, 0) is 18.4 Å². The molecule has 0 heterocycles. The Balaban J connectivity index is 0.00000180. The predicted molar refractivity (Wildman–Crippen MR) is 83.4 cm³/mol. The number of fused-ring (bicyclic) bond motifs is 1. The van der Waals surface area contributed by atoms with Crippen LogP contribution >= 0.6 is 24.8 Å². The van der Waals surface area contributed by atoms with Gasteiger partial charge in [0.05, 0.1) is 5.71 Å². The molecule has 2 rings (SSSR count). The number of hydrogen-bond donors (Lipinski definition) is 5. The number of nitrogens with two attached hydrogens (primary N) is 2. The maximum absolute atomic E-state index is 8.50. The minimum absolute atomic E-state index is 0. The zero-order valence-corrected chi connectivity index (χ0v) is 12.1. The first-order valence-electron chi connectivity index (χ1n) is 5.40. The molecular weight excluding hydrogens is 303 g/mol. The number of amidine groups is 1. The highest BCUT2D eigenvalue weighted by molar-refractivity contribution is 6.08. The van der Waals surface area contributed by atoms with Crippen molar-refractivity contribution in [3.05, 3.63) is 34.9 Å². The second-order valence-corrected chi connectivity index (χ2v) is 3.89. The summed E-state index contributed by atoms with van der Waals surface area (Å²) in [5, 5.41) is 23.6. The van der Waals surface area contributed by atoms with Gasteiger partial charge < -0.3 is 11.5 Å². The van der Waals surface area contributed by atoms with Gasteiger partial charge in [0.2, 0.25) is 5.96 Å². The van der Waals surface area contributed by atoms with Gasteiger partial charge in [-0.2, -0.15) is 5.10 Å². The van der Waals surface area contributed by atoms with Crippen LogP contribution in [-0.4, -0.2) is 22.7 Å². The summed E-state index contributed by atoms with van der Waals surface area (Å²) in [4.78, 5) is 0. The van der Waals surface area contributed by atoms with Crippen LogP contribution in [0.1, 0.15) is 23.1 Å². The van der Waals surface area contributed by atoms with E-state index < -0.39 is 0 Å². The zero-order chi connectivity index (χ0) is 13.1. The topological polar surface area (TPSA) is 133 Å². The van der Waals surface area contributed by atoms with E-state index in [4.69, 9.17) is 22.1 Å². The Bertz CT molecular complexity index is 558. The highest BCUT2D eigenvalue weighted by Gasteiger charge is 2.21. The van der Waals surface area contributed by atoms with Gasteiger partial charge in [0.15, 0.2) is 0 Å². The van der Waals surface area contributed by atoms with E-state index in [1.54, 1.807) is 5.48 Å². The Morgan fingerprint density at radius 1 is 1.25 bits per heavy atom. The van der Waals surface area contributed by atoms with Gasteiger partial charge in [-0.25, -0.2) is 5.48 Å². The van der Waals surface area contributed by atoms with Crippen LogP contribution in [0.3, 0.4) is 0 Å². The number of hydroxylamine groups is 1. The van der Waals surface area contributed by atoms with Gasteiger partial charge in [0, 0.05) is 11.1 Å². The van der Waals surface area contributed by atoms with Crippen LogP contribution in [0, 0.1) is 5.41 Å². The molecule has 0 spiro atoms. The number of halogens is 2. The van der Waals surface area contributed by atoms with Crippen LogP contribution in [0.5, 0.6) is 0 Å². The molecule has 1 aromatic rings. The normalized spacial score (nSPS) is 15.1. The summed E-state index contributed by atoms with van der Waals surface area (Å²) in [6.45, 7) is 0. The van der Waals surface area contributed by atoms with Gasteiger partial charge >= 0.3 is 0 Å². The molecule has 0 amide bonds. The van der Waals surface area contributed by atoms with Crippen molar-refractivity contribution in [1.29, 1.82) is 5.41 Å². The third-order valence-corrected chi connectivity index (χ3v) is 2.78. The lowest BCUT2D eigenvalue weighted by atomic mass is 10.0. The fraction of sp³-hybridized carbons (Fsp3) is 0.182. The zero-order valence-electron chi connectivity index (χ0n) is 10.5. The SMILES string of the molecule is Cl.Cl.N=C(N)c1cccc2c1CCC2=NN=C(N)NO. The first-order valence-corrected chi connectivity index (χ1v) is 5.40. The molecule has 1 aromatic carbocycles. The number of nitrogen functional groups attached to an aromatic ring is 1. The molecule has 0 aromatic heterocycles. The monoisotopic (exact) mass is 318 g/mol. The van der Waals surface area contributed by atoms with E-state index in [9.17, 15) is 0 Å². The summed E-state index contributed by atoms with van der Waals surface area (Å²) < 4.78 is 0. The van der Waals surface area contributed by atoms with Crippen LogP contribution < -0.4 is 16.9 Å². The van der Waals surface area contributed by atoms with Crippen molar-refractivity contribution in [3.8, 4) is 0 Å². The minimum Gasteiger partial charge on any atom is -0.384 e. The fourth-order valence-corrected chi connectivity index (χ4v) is 2.00. The molecule has 0 atom stereocenters. The second kappa shape index (κ2) is 7.68. The Hall–Kier alpha value is -1.83. The third kappa shape index (κ3) is 3.60. The first kappa shape index (κ1) is 18.2. The highest BCUT2D eigenvalue weighted by Crippen LogP contribution is 2.25. The number of hydrogen-bond acceptors (Lipinski definition) is 4. The Kier molecular flexibility index (Phi) is 6.98. The highest BCUT2D eigenvalue weighted by atomic mass is 35.5. The molecule has 0 saturated carbocycles. The summed E-state index contributed by atoms with van der Waals surface area (Å²) in [7, 11) is 0. The van der Waals surface area contributed by atoms with Crippen molar-refractivity contribution < 1.29 is 5.21 Å². The lowest BCUT2D eigenvalue weighted by Crippen LogP contribution is -2.27. The molecule has 0 unspecified atom stereocenters. The lowest BCUT2D eigenvalue weighted by Gasteiger charge is -2.05. The van der Waals surface area contributed by atoms with E-state index in [1.807, 2.05) is 18.2 Å². The molecule has 110 valence electrons. The van der Waals surface area contributed by atoms with Crippen LogP contribution in [0.4, 0.5) is 0 Å². The largest absolute Gasteiger partial charge is 0.384 e. The number of nitrogens with zero attached hydrogens (tertiary/aromatic N) is 2. The smallest absolute Gasteiger partial charge is 0.237 e. The fourth-order valence-electron chi connectivity index (χ4n) is 2.00. The molecule has 9 heteroatoms. The van der Waals surface area contributed by atoms with Crippen LogP contribution in [0.2, 0.25) is 0 Å². The molecule has 1 aliphatic rings. The summed E-state index contributed by atoms with van der Waals surface area (Å²) in [5.74, 6) is -0.119. The van der Waals surface area contributed by atoms with E-state index >= 15 is 0 Å². The van der Waals surface area contributed by atoms with E-state index in [-0.39, 0.29) is 36.6 Å². The summed E-state index contributed by atoms with van der Waals surface area (Å²) >= 11 is 0. The van der Waals surface area contributed by atoms with Crippen molar-refractivity contribution in [3.63, 3.8) is 0 Å². The lowest BCUT2D eigenvalue weighted by molar-refractivity contribution is 0.232. The average Bonchev–Trinajstić information content (AvgIpc) is 2.78.